The van der Waals surface area contributed by atoms with E-state index in [9.17, 15) is 4.39 Å². The zero-order chi connectivity index (χ0) is 12.7. The highest BCUT2D eigenvalue weighted by Crippen LogP contribution is 2.31. The van der Waals surface area contributed by atoms with Gasteiger partial charge in [0.05, 0.1) is 0 Å². The van der Waals surface area contributed by atoms with E-state index in [2.05, 4.69) is 9.97 Å². The van der Waals surface area contributed by atoms with Gasteiger partial charge in [-0.25, -0.2) is 9.97 Å². The molecule has 0 radical (unpaired) electrons. The molecule has 0 unspecified atom stereocenters. The maximum Gasteiger partial charge on any atom is 0.214 e. The first-order chi connectivity index (χ1) is 8.63. The monoisotopic (exact) mass is 278 g/mol. The number of aromatic nitrogens is 2. The first-order valence-corrected chi connectivity index (χ1v) is 6.52. The summed E-state index contributed by atoms with van der Waals surface area (Å²) >= 11 is 7.45. The number of thiazole rings is 1. The molecule has 5 heteroatoms. The molecular weight excluding hydrogens is 271 g/mol. The molecule has 2 nitrogen and oxygen atoms in total. The van der Waals surface area contributed by atoms with E-state index < -0.39 is 5.95 Å². The van der Waals surface area contributed by atoms with E-state index in [0.29, 0.717) is 15.4 Å². The van der Waals surface area contributed by atoms with Crippen LogP contribution in [0.4, 0.5) is 4.39 Å². The number of rotatable bonds is 1. The zero-order valence-corrected chi connectivity index (χ0v) is 11.0. The Labute approximate surface area is 112 Å². The summed E-state index contributed by atoms with van der Waals surface area (Å²) in [4.78, 5) is 8.84. The maximum absolute atomic E-state index is 13.0. The Morgan fingerprint density at radius 2 is 2.00 bits per heavy atom. The fourth-order valence-electron chi connectivity index (χ4n) is 1.64. The average Bonchev–Trinajstić information content (AvgIpc) is 2.75. The van der Waals surface area contributed by atoms with Crippen LogP contribution in [0, 0.1) is 12.9 Å². The van der Waals surface area contributed by atoms with Gasteiger partial charge >= 0.3 is 0 Å². The Balaban J connectivity index is 2.16. The smallest absolute Gasteiger partial charge is 0.214 e. The van der Waals surface area contributed by atoms with Gasteiger partial charge in [0, 0.05) is 10.6 Å². The van der Waals surface area contributed by atoms with Crippen molar-refractivity contribution >= 4 is 33.3 Å². The van der Waals surface area contributed by atoms with Gasteiger partial charge in [0.2, 0.25) is 5.95 Å². The summed E-state index contributed by atoms with van der Waals surface area (Å²) < 4.78 is 13.0. The molecule has 18 heavy (non-hydrogen) atoms. The third-order valence-corrected chi connectivity index (χ3v) is 4.06. The minimum atomic E-state index is -0.486. The Hall–Kier alpha value is -1.52. The second kappa shape index (κ2) is 4.30. The van der Waals surface area contributed by atoms with E-state index in [1.807, 2.05) is 25.1 Å². The van der Waals surface area contributed by atoms with E-state index in [4.69, 9.17) is 11.6 Å². The van der Waals surface area contributed by atoms with Crippen molar-refractivity contribution in [1.29, 1.82) is 0 Å². The molecular formula is C13H8ClFN2S. The third-order valence-electron chi connectivity index (χ3n) is 2.64. The fraction of sp³-hybridized carbons (Fsp3) is 0.0769. The average molecular weight is 279 g/mol. The lowest BCUT2D eigenvalue weighted by atomic mass is 10.1. The van der Waals surface area contributed by atoms with Crippen LogP contribution in [0.3, 0.4) is 0 Å². The summed E-state index contributed by atoms with van der Waals surface area (Å²) in [6.45, 7) is 1.95. The lowest BCUT2D eigenvalue weighted by Gasteiger charge is -1.99. The number of fused-ring (bicyclic) bond motifs is 1. The Morgan fingerprint density at radius 3 is 2.78 bits per heavy atom. The standard InChI is InChI=1S/C13H8ClFN2S/c1-7-2-3-8(6-9(7)14)12-16-10-4-5-11(15)17-13(10)18-12/h2-6H,1H3. The lowest BCUT2D eigenvalue weighted by Crippen LogP contribution is -1.80. The lowest BCUT2D eigenvalue weighted by molar-refractivity contribution is 0.589. The molecule has 2 aromatic heterocycles. The molecule has 0 atom stereocenters. The quantitative estimate of drug-likeness (QED) is 0.614. The molecule has 0 aliphatic heterocycles. The Bertz CT molecular complexity index is 739. The summed E-state index contributed by atoms with van der Waals surface area (Å²) in [5.41, 5.74) is 2.65. The molecule has 0 N–H and O–H groups in total. The molecule has 2 heterocycles. The molecule has 0 fully saturated rings. The van der Waals surface area contributed by atoms with Gasteiger partial charge in [0.15, 0.2) is 0 Å². The third kappa shape index (κ3) is 1.98. The van der Waals surface area contributed by atoms with Gasteiger partial charge < -0.3 is 0 Å². The topological polar surface area (TPSA) is 25.8 Å². The number of nitrogens with zero attached hydrogens (tertiary/aromatic N) is 2. The first-order valence-electron chi connectivity index (χ1n) is 5.33. The van der Waals surface area contributed by atoms with Gasteiger partial charge in [-0.2, -0.15) is 4.39 Å². The van der Waals surface area contributed by atoms with Gasteiger partial charge in [0.25, 0.3) is 0 Å². The van der Waals surface area contributed by atoms with Crippen LogP contribution in [0.25, 0.3) is 20.9 Å². The van der Waals surface area contributed by atoms with Crippen LogP contribution in [-0.2, 0) is 0 Å². The molecule has 90 valence electrons. The minimum Gasteiger partial charge on any atom is -0.234 e. The molecule has 3 aromatic rings. The van der Waals surface area contributed by atoms with E-state index >= 15 is 0 Å². The minimum absolute atomic E-state index is 0.486. The van der Waals surface area contributed by atoms with Gasteiger partial charge in [0.1, 0.15) is 15.4 Å². The van der Waals surface area contributed by atoms with E-state index in [1.54, 1.807) is 6.07 Å². The Morgan fingerprint density at radius 1 is 1.17 bits per heavy atom. The predicted octanol–water partition coefficient (Wildman–Crippen LogP) is 4.46. The van der Waals surface area contributed by atoms with E-state index in [1.165, 1.54) is 17.4 Å². The number of pyridine rings is 1. The van der Waals surface area contributed by atoms with E-state index in [0.717, 1.165) is 16.1 Å². The van der Waals surface area contributed by atoms with Crippen molar-refractivity contribution < 1.29 is 4.39 Å². The molecule has 0 bridgehead atoms. The van der Waals surface area contributed by atoms with Crippen LogP contribution in [-0.4, -0.2) is 9.97 Å². The zero-order valence-electron chi connectivity index (χ0n) is 9.45. The predicted molar refractivity (Wildman–Crippen MR) is 72.6 cm³/mol. The SMILES string of the molecule is Cc1ccc(-c2nc3ccc(F)nc3s2)cc1Cl. The Kier molecular flexibility index (Phi) is 2.76. The van der Waals surface area contributed by atoms with Crippen LogP contribution >= 0.6 is 22.9 Å². The van der Waals surface area contributed by atoms with Crippen molar-refractivity contribution in [2.45, 2.75) is 6.92 Å². The molecule has 0 saturated carbocycles. The van der Waals surface area contributed by atoms with Crippen molar-refractivity contribution in [3.63, 3.8) is 0 Å². The van der Waals surface area contributed by atoms with Crippen molar-refractivity contribution in [3.8, 4) is 10.6 Å². The normalized spacial score (nSPS) is 11.1. The van der Waals surface area contributed by atoms with E-state index in [-0.39, 0.29) is 0 Å². The van der Waals surface area contributed by atoms with Gasteiger partial charge in [-0.3, -0.25) is 0 Å². The summed E-state index contributed by atoms with van der Waals surface area (Å²) in [7, 11) is 0. The fourth-order valence-corrected chi connectivity index (χ4v) is 2.75. The molecule has 1 aromatic carbocycles. The summed E-state index contributed by atoms with van der Waals surface area (Å²) in [5.74, 6) is -0.486. The summed E-state index contributed by atoms with van der Waals surface area (Å²) in [6.07, 6.45) is 0. The molecule has 0 amide bonds. The van der Waals surface area contributed by atoms with Crippen LogP contribution in [0.15, 0.2) is 30.3 Å². The number of benzene rings is 1. The van der Waals surface area contributed by atoms with Gasteiger partial charge in [-0.05, 0) is 30.7 Å². The number of halogens is 2. The molecule has 0 aliphatic rings. The molecule has 0 aliphatic carbocycles. The van der Waals surface area contributed by atoms with Crippen LogP contribution < -0.4 is 0 Å². The number of aryl methyl sites for hydroxylation is 1. The van der Waals surface area contributed by atoms with Crippen molar-refractivity contribution in [3.05, 3.63) is 46.9 Å². The number of hydrogen-bond donors (Lipinski definition) is 0. The van der Waals surface area contributed by atoms with Crippen molar-refractivity contribution in [2.75, 3.05) is 0 Å². The maximum atomic E-state index is 13.0. The first kappa shape index (κ1) is 11.6. The van der Waals surface area contributed by atoms with Crippen molar-refractivity contribution in [2.24, 2.45) is 0 Å². The second-order valence-electron chi connectivity index (χ2n) is 3.94. The van der Waals surface area contributed by atoms with Gasteiger partial charge in [-0.1, -0.05) is 35.1 Å². The molecule has 0 saturated heterocycles. The van der Waals surface area contributed by atoms with Crippen LogP contribution in [0.5, 0.6) is 0 Å². The van der Waals surface area contributed by atoms with Crippen LogP contribution in [0.2, 0.25) is 5.02 Å². The highest BCUT2D eigenvalue weighted by atomic mass is 35.5. The second-order valence-corrected chi connectivity index (χ2v) is 5.33. The van der Waals surface area contributed by atoms with Crippen molar-refractivity contribution in [1.82, 2.24) is 9.97 Å². The molecule has 0 spiro atoms. The summed E-state index contributed by atoms with van der Waals surface area (Å²) in [5, 5.41) is 1.50. The highest BCUT2D eigenvalue weighted by molar-refractivity contribution is 7.21. The largest absolute Gasteiger partial charge is 0.234 e. The van der Waals surface area contributed by atoms with Gasteiger partial charge in [-0.15, -0.1) is 0 Å². The summed E-state index contributed by atoms with van der Waals surface area (Å²) in [6, 6.07) is 8.71. The molecule has 3 rings (SSSR count). The van der Waals surface area contributed by atoms with Crippen LogP contribution in [0.1, 0.15) is 5.56 Å². The highest BCUT2D eigenvalue weighted by Gasteiger charge is 2.09. The number of hydrogen-bond acceptors (Lipinski definition) is 3.